The van der Waals surface area contributed by atoms with Gasteiger partial charge in [-0.2, -0.15) is 0 Å². The van der Waals surface area contributed by atoms with Gasteiger partial charge in [0.15, 0.2) is 0 Å². The van der Waals surface area contributed by atoms with Gasteiger partial charge >= 0.3 is 6.09 Å². The number of nitrogens with two attached hydrogens (primary N) is 1. The number of rotatable bonds is 4. The van der Waals surface area contributed by atoms with Crippen LogP contribution in [-0.2, 0) is 9.53 Å². The number of likely N-dealkylation sites (tertiary alicyclic amines) is 1. The normalized spacial score (nSPS) is 19.3. The molecule has 1 unspecified atom stereocenters. The van der Waals surface area contributed by atoms with Crippen molar-refractivity contribution in [1.29, 1.82) is 0 Å². The minimum Gasteiger partial charge on any atom is -0.496 e. The molecule has 1 aromatic heterocycles. The molecule has 0 radical (unpaired) electrons. The van der Waals surface area contributed by atoms with Crippen LogP contribution in [0.2, 0.25) is 0 Å². The first-order valence-electron chi connectivity index (χ1n) is 9.48. The number of aryl methyl sites for hydroxylation is 1. The number of ether oxygens (including phenoxy) is 3. The molecule has 1 aromatic carbocycles. The molecule has 156 valence electrons. The first-order valence-corrected chi connectivity index (χ1v) is 9.48. The first kappa shape index (κ1) is 20.7. The maximum absolute atomic E-state index is 12.5. The van der Waals surface area contributed by atoms with Crippen molar-refractivity contribution >= 4 is 22.9 Å². The van der Waals surface area contributed by atoms with Crippen LogP contribution >= 0.6 is 0 Å². The number of methoxy groups -OCH3 is 1. The van der Waals surface area contributed by atoms with E-state index in [1.165, 1.54) is 4.90 Å². The number of amides is 2. The summed E-state index contributed by atoms with van der Waals surface area (Å²) in [4.78, 5) is 30.2. The van der Waals surface area contributed by atoms with E-state index in [-0.39, 0.29) is 6.54 Å². The molecule has 0 bridgehead atoms. The van der Waals surface area contributed by atoms with Crippen LogP contribution < -0.4 is 15.2 Å². The first-order chi connectivity index (χ1) is 13.6. The summed E-state index contributed by atoms with van der Waals surface area (Å²) in [5.41, 5.74) is 6.53. The van der Waals surface area contributed by atoms with Gasteiger partial charge in [0.25, 0.3) is 0 Å². The number of fused-ring (bicyclic) bond motifs is 1. The summed E-state index contributed by atoms with van der Waals surface area (Å²) in [6.07, 6.45) is 0.990. The zero-order valence-electron chi connectivity index (χ0n) is 17.4. The predicted octanol–water partition coefficient (Wildman–Crippen LogP) is 2.79. The van der Waals surface area contributed by atoms with Gasteiger partial charge in [-0.05, 0) is 45.9 Å². The summed E-state index contributed by atoms with van der Waals surface area (Å²) < 4.78 is 16.9. The number of hydrogen-bond donors (Lipinski definition) is 1. The largest absolute Gasteiger partial charge is 0.496 e. The molecule has 0 spiro atoms. The highest BCUT2D eigenvalue weighted by Crippen LogP contribution is 2.33. The molecule has 29 heavy (non-hydrogen) atoms. The maximum Gasteiger partial charge on any atom is 0.411 e. The van der Waals surface area contributed by atoms with Crippen LogP contribution in [0.1, 0.15) is 32.8 Å². The van der Waals surface area contributed by atoms with Crippen molar-refractivity contribution in [2.24, 2.45) is 5.73 Å². The third-order valence-corrected chi connectivity index (χ3v) is 4.81. The molecule has 1 aliphatic heterocycles. The molecule has 1 aliphatic rings. The Hall–Kier alpha value is -3.03. The molecular weight excluding hydrogens is 374 g/mol. The Morgan fingerprint density at radius 2 is 1.93 bits per heavy atom. The molecule has 0 saturated carbocycles. The van der Waals surface area contributed by atoms with Crippen molar-refractivity contribution in [3.8, 4) is 11.5 Å². The van der Waals surface area contributed by atoms with Gasteiger partial charge in [-0.15, -0.1) is 0 Å². The fourth-order valence-corrected chi connectivity index (χ4v) is 3.49. The quantitative estimate of drug-likeness (QED) is 0.845. The predicted molar refractivity (Wildman–Crippen MR) is 108 cm³/mol. The van der Waals surface area contributed by atoms with Crippen molar-refractivity contribution in [1.82, 2.24) is 9.88 Å². The monoisotopic (exact) mass is 401 g/mol. The summed E-state index contributed by atoms with van der Waals surface area (Å²) >= 11 is 0. The summed E-state index contributed by atoms with van der Waals surface area (Å²) in [5.74, 6) is 0.787. The van der Waals surface area contributed by atoms with Crippen LogP contribution in [0.3, 0.4) is 0 Å². The molecule has 2 heterocycles. The van der Waals surface area contributed by atoms with E-state index in [1.54, 1.807) is 40.1 Å². The van der Waals surface area contributed by atoms with Crippen LogP contribution in [0.5, 0.6) is 11.5 Å². The van der Waals surface area contributed by atoms with Crippen LogP contribution in [0.4, 0.5) is 4.79 Å². The minimum absolute atomic E-state index is 0.210. The molecule has 2 amide bonds. The van der Waals surface area contributed by atoms with Crippen molar-refractivity contribution < 1.29 is 23.8 Å². The van der Waals surface area contributed by atoms with Crippen LogP contribution in [0, 0.1) is 6.92 Å². The number of benzene rings is 1. The van der Waals surface area contributed by atoms with Gasteiger partial charge in [0, 0.05) is 23.6 Å². The van der Waals surface area contributed by atoms with Crippen LogP contribution in [0.25, 0.3) is 10.9 Å². The van der Waals surface area contributed by atoms with Crippen molar-refractivity contribution in [3.63, 3.8) is 0 Å². The van der Waals surface area contributed by atoms with Gasteiger partial charge in [-0.1, -0.05) is 0 Å². The highest BCUT2D eigenvalue weighted by atomic mass is 16.6. The lowest BCUT2D eigenvalue weighted by Crippen LogP contribution is -2.45. The van der Waals surface area contributed by atoms with E-state index in [0.717, 1.165) is 22.2 Å². The average Bonchev–Trinajstić information content (AvgIpc) is 3.06. The highest BCUT2D eigenvalue weighted by Gasteiger charge is 2.41. The molecule has 3 rings (SSSR count). The zero-order valence-corrected chi connectivity index (χ0v) is 17.4. The number of aromatic nitrogens is 1. The summed E-state index contributed by atoms with van der Waals surface area (Å²) in [7, 11) is 1.61. The van der Waals surface area contributed by atoms with E-state index in [1.807, 2.05) is 19.1 Å². The molecule has 1 saturated heterocycles. The van der Waals surface area contributed by atoms with E-state index in [9.17, 15) is 9.59 Å². The third-order valence-electron chi connectivity index (χ3n) is 4.81. The average molecular weight is 401 g/mol. The molecule has 0 aliphatic carbocycles. The van der Waals surface area contributed by atoms with Gasteiger partial charge in [0.05, 0.1) is 19.2 Å². The smallest absolute Gasteiger partial charge is 0.411 e. The fourth-order valence-electron chi connectivity index (χ4n) is 3.49. The Labute approximate surface area is 169 Å². The molecule has 2 atom stereocenters. The molecule has 2 N–H and O–H groups in total. The lowest BCUT2D eigenvalue weighted by atomic mass is 10.1. The zero-order chi connectivity index (χ0) is 21.3. The second-order valence-electron chi connectivity index (χ2n) is 8.12. The lowest BCUT2D eigenvalue weighted by molar-refractivity contribution is -0.122. The van der Waals surface area contributed by atoms with E-state index >= 15 is 0 Å². The van der Waals surface area contributed by atoms with Crippen LogP contribution in [-0.4, -0.2) is 53.3 Å². The number of primary amides is 1. The second kappa shape index (κ2) is 7.77. The third kappa shape index (κ3) is 4.36. The maximum atomic E-state index is 12.5. The Morgan fingerprint density at radius 3 is 2.55 bits per heavy atom. The molecule has 8 nitrogen and oxygen atoms in total. The van der Waals surface area contributed by atoms with E-state index in [4.69, 9.17) is 19.9 Å². The number of pyridine rings is 1. The van der Waals surface area contributed by atoms with E-state index < -0.39 is 29.7 Å². The Kier molecular flexibility index (Phi) is 5.55. The minimum atomic E-state index is -0.773. The van der Waals surface area contributed by atoms with Gasteiger partial charge in [-0.25, -0.2) is 4.79 Å². The number of carbonyl (C=O) groups excluding carboxylic acids is 2. The summed E-state index contributed by atoms with van der Waals surface area (Å²) in [5, 5.41) is 0.831. The Bertz CT molecular complexity index is 938. The molecule has 2 aromatic rings. The molecule has 8 heteroatoms. The van der Waals surface area contributed by atoms with Crippen molar-refractivity contribution in [2.45, 2.75) is 51.9 Å². The fraction of sp³-hybridized carbons (Fsp3) is 0.476. The highest BCUT2D eigenvalue weighted by molar-refractivity contribution is 5.89. The number of carbonyl (C=O) groups is 2. The SMILES string of the molecule is COc1ccc2c(O[C@@H]3CC(C(N)=O)N(C(=O)OC(C)(C)C)C3)ccnc2c1C. The number of nitrogens with zero attached hydrogens (tertiary/aromatic N) is 2. The Morgan fingerprint density at radius 1 is 1.21 bits per heavy atom. The van der Waals surface area contributed by atoms with Gasteiger partial charge < -0.3 is 19.9 Å². The van der Waals surface area contributed by atoms with Gasteiger partial charge in [0.2, 0.25) is 5.91 Å². The van der Waals surface area contributed by atoms with Gasteiger partial charge in [-0.3, -0.25) is 14.7 Å². The number of hydrogen-bond acceptors (Lipinski definition) is 6. The topological polar surface area (TPSA) is 104 Å². The molecular formula is C21H27N3O5. The lowest BCUT2D eigenvalue weighted by Gasteiger charge is -2.27. The summed E-state index contributed by atoms with van der Waals surface area (Å²) in [6, 6.07) is 4.74. The summed E-state index contributed by atoms with van der Waals surface area (Å²) in [6.45, 7) is 7.46. The van der Waals surface area contributed by atoms with E-state index in [2.05, 4.69) is 4.98 Å². The second-order valence-corrected chi connectivity index (χ2v) is 8.12. The standard InChI is InChI=1S/C21H27N3O5/c1-12-16(27-5)7-6-14-17(8-9-23-18(12)14)28-13-10-15(19(22)25)24(11-13)20(26)29-21(2,3)4/h6-9,13,15H,10-11H2,1-5H3,(H2,22,25)/t13-,15?/m1/s1. The van der Waals surface area contributed by atoms with Crippen LogP contribution in [0.15, 0.2) is 24.4 Å². The van der Waals surface area contributed by atoms with Gasteiger partial charge in [0.1, 0.15) is 29.2 Å². The van der Waals surface area contributed by atoms with Crippen molar-refractivity contribution in [2.75, 3.05) is 13.7 Å². The Balaban J connectivity index is 1.85. The molecule has 1 fully saturated rings. The van der Waals surface area contributed by atoms with E-state index in [0.29, 0.717) is 12.2 Å². The van der Waals surface area contributed by atoms with Crippen molar-refractivity contribution in [3.05, 3.63) is 30.0 Å².